The molecule has 3 heterocycles. The van der Waals surface area contributed by atoms with Gasteiger partial charge in [-0.05, 0) is 12.8 Å². The largest absolute Gasteiger partial charge is 0.457 e. The van der Waals surface area contributed by atoms with Crippen molar-refractivity contribution in [1.29, 1.82) is 0 Å². The van der Waals surface area contributed by atoms with Gasteiger partial charge in [-0.1, -0.05) is 0 Å². The quantitative estimate of drug-likeness (QED) is 0.837. The normalized spacial score (nSPS) is 21.8. The lowest BCUT2D eigenvalue weighted by molar-refractivity contribution is -0.0207. The summed E-state index contributed by atoms with van der Waals surface area (Å²) in [6, 6.07) is -0.233. The van der Waals surface area contributed by atoms with Crippen LogP contribution in [0.2, 0.25) is 0 Å². The van der Waals surface area contributed by atoms with E-state index in [0.29, 0.717) is 24.0 Å². The van der Waals surface area contributed by atoms with E-state index in [-0.39, 0.29) is 30.8 Å². The molecule has 2 aromatic heterocycles. The molecule has 3 N–H and O–H groups in total. The number of fused-ring (bicyclic) bond motifs is 1. The van der Waals surface area contributed by atoms with E-state index >= 15 is 0 Å². The number of nitrogens with zero attached hydrogens (tertiary/aromatic N) is 4. The van der Waals surface area contributed by atoms with Crippen molar-refractivity contribution in [2.45, 2.75) is 31.6 Å². The van der Waals surface area contributed by atoms with Gasteiger partial charge in [-0.15, -0.1) is 0 Å². The Kier molecular flexibility index (Phi) is 4.03. The van der Waals surface area contributed by atoms with E-state index in [2.05, 4.69) is 15.0 Å². The van der Waals surface area contributed by atoms with Crippen molar-refractivity contribution < 1.29 is 23.4 Å². The summed E-state index contributed by atoms with van der Waals surface area (Å²) in [7, 11) is 0. The third-order valence-corrected chi connectivity index (χ3v) is 3.37. The number of hydrogen-bond donors (Lipinski definition) is 2. The lowest BCUT2D eigenvalue weighted by atomic mass is 10.2. The van der Waals surface area contributed by atoms with Crippen LogP contribution in [0, 0.1) is 0 Å². The van der Waals surface area contributed by atoms with Crippen LogP contribution in [0.4, 0.5) is 14.6 Å². The van der Waals surface area contributed by atoms with Crippen molar-refractivity contribution in [3.63, 3.8) is 0 Å². The number of ether oxygens (including phenoxy) is 2. The van der Waals surface area contributed by atoms with Gasteiger partial charge in [-0.3, -0.25) is 4.57 Å². The Morgan fingerprint density at radius 2 is 2.27 bits per heavy atom. The SMILES string of the molecule is Nc1nc(OCC(F)F)nc2c1ncn2C1CCC(CO)O1. The van der Waals surface area contributed by atoms with Crippen molar-refractivity contribution in [3.05, 3.63) is 6.33 Å². The van der Waals surface area contributed by atoms with Crippen LogP contribution in [0.3, 0.4) is 0 Å². The number of aliphatic hydroxyl groups is 1. The minimum Gasteiger partial charge on any atom is -0.457 e. The fraction of sp³-hybridized carbons (Fsp3) is 0.583. The molecule has 0 aliphatic carbocycles. The second kappa shape index (κ2) is 5.97. The van der Waals surface area contributed by atoms with Crippen LogP contribution in [0.15, 0.2) is 6.33 Å². The highest BCUT2D eigenvalue weighted by molar-refractivity contribution is 5.81. The molecular formula is C12H15F2N5O3. The van der Waals surface area contributed by atoms with Crippen molar-refractivity contribution in [1.82, 2.24) is 19.5 Å². The number of nitrogens with two attached hydrogens (primary N) is 1. The van der Waals surface area contributed by atoms with E-state index in [9.17, 15) is 8.78 Å². The molecule has 0 saturated carbocycles. The summed E-state index contributed by atoms with van der Waals surface area (Å²) in [4.78, 5) is 12.0. The average Bonchev–Trinajstić information content (AvgIpc) is 3.11. The van der Waals surface area contributed by atoms with Gasteiger partial charge in [-0.25, -0.2) is 13.8 Å². The first-order valence-corrected chi connectivity index (χ1v) is 6.75. The zero-order chi connectivity index (χ0) is 15.7. The van der Waals surface area contributed by atoms with E-state index in [1.165, 1.54) is 6.33 Å². The smallest absolute Gasteiger partial charge is 0.320 e. The number of aliphatic hydroxyl groups excluding tert-OH is 1. The third-order valence-electron chi connectivity index (χ3n) is 3.37. The molecule has 2 aromatic rings. The predicted molar refractivity (Wildman–Crippen MR) is 71.5 cm³/mol. The molecule has 0 bridgehead atoms. The minimum absolute atomic E-state index is 0.0460. The number of imidazole rings is 1. The van der Waals surface area contributed by atoms with Crippen LogP contribution in [-0.4, -0.2) is 50.4 Å². The second-order valence-electron chi connectivity index (χ2n) is 4.89. The van der Waals surface area contributed by atoms with Gasteiger partial charge in [0.15, 0.2) is 23.6 Å². The van der Waals surface area contributed by atoms with Crippen LogP contribution >= 0.6 is 0 Å². The number of hydrogen-bond acceptors (Lipinski definition) is 7. The molecule has 1 fully saturated rings. The summed E-state index contributed by atoms with van der Waals surface area (Å²) >= 11 is 0. The van der Waals surface area contributed by atoms with E-state index < -0.39 is 13.0 Å². The highest BCUT2D eigenvalue weighted by Gasteiger charge is 2.28. The Bertz CT molecular complexity index is 665. The number of alkyl halides is 2. The number of halogens is 2. The molecule has 1 aliphatic rings. The van der Waals surface area contributed by atoms with Gasteiger partial charge < -0.3 is 20.3 Å². The Balaban J connectivity index is 1.91. The van der Waals surface area contributed by atoms with Crippen molar-refractivity contribution in [2.75, 3.05) is 18.9 Å². The highest BCUT2D eigenvalue weighted by atomic mass is 19.3. The van der Waals surface area contributed by atoms with E-state index in [4.69, 9.17) is 20.3 Å². The van der Waals surface area contributed by atoms with Gasteiger partial charge in [0.05, 0.1) is 19.0 Å². The molecular weight excluding hydrogens is 300 g/mol. The summed E-state index contributed by atoms with van der Waals surface area (Å²) in [5.41, 5.74) is 6.45. The second-order valence-corrected chi connectivity index (χ2v) is 4.89. The molecule has 8 nitrogen and oxygen atoms in total. The molecule has 3 rings (SSSR count). The standard InChI is InChI=1S/C12H15F2N5O3/c13-7(14)4-21-12-17-10(15)9-11(18-12)19(5-16-9)8-2-1-6(3-20)22-8/h5-8,20H,1-4H2,(H2,15,17,18). The van der Waals surface area contributed by atoms with E-state index in [0.717, 1.165) is 0 Å². The summed E-state index contributed by atoms with van der Waals surface area (Å²) in [6.07, 6.45) is -0.342. The van der Waals surface area contributed by atoms with Crippen LogP contribution in [0.25, 0.3) is 11.2 Å². The van der Waals surface area contributed by atoms with Crippen LogP contribution in [-0.2, 0) is 4.74 Å². The molecule has 0 amide bonds. The molecule has 1 saturated heterocycles. The predicted octanol–water partition coefficient (Wildman–Crippen LogP) is 0.722. The van der Waals surface area contributed by atoms with Gasteiger partial charge in [0.25, 0.3) is 6.43 Å². The maximum atomic E-state index is 12.2. The summed E-state index contributed by atoms with van der Waals surface area (Å²) in [6.45, 7) is -0.880. The number of anilines is 1. The average molecular weight is 315 g/mol. The Morgan fingerprint density at radius 3 is 2.95 bits per heavy atom. The molecule has 1 aliphatic heterocycles. The van der Waals surface area contributed by atoms with Gasteiger partial charge in [0.2, 0.25) is 0 Å². The molecule has 0 radical (unpaired) electrons. The monoisotopic (exact) mass is 315 g/mol. The lowest BCUT2D eigenvalue weighted by Crippen LogP contribution is -2.15. The topological polar surface area (TPSA) is 108 Å². The maximum absolute atomic E-state index is 12.2. The van der Waals surface area contributed by atoms with Gasteiger partial charge in [0.1, 0.15) is 6.23 Å². The Morgan fingerprint density at radius 1 is 1.45 bits per heavy atom. The first-order chi connectivity index (χ1) is 10.6. The van der Waals surface area contributed by atoms with Crippen LogP contribution in [0.1, 0.15) is 19.1 Å². The highest BCUT2D eigenvalue weighted by Crippen LogP contribution is 2.31. The van der Waals surface area contributed by atoms with Gasteiger partial charge >= 0.3 is 6.01 Å². The fourth-order valence-corrected chi connectivity index (χ4v) is 2.36. The molecule has 2 atom stereocenters. The zero-order valence-electron chi connectivity index (χ0n) is 11.5. The lowest BCUT2D eigenvalue weighted by Gasteiger charge is -2.14. The van der Waals surface area contributed by atoms with Crippen molar-refractivity contribution in [2.24, 2.45) is 0 Å². The Labute approximate surface area is 123 Å². The third kappa shape index (κ3) is 2.79. The van der Waals surface area contributed by atoms with E-state index in [1.807, 2.05) is 0 Å². The van der Waals surface area contributed by atoms with E-state index in [1.54, 1.807) is 4.57 Å². The number of nitrogen functional groups attached to an aromatic ring is 1. The number of aromatic nitrogens is 4. The molecule has 10 heteroatoms. The first kappa shape index (κ1) is 14.9. The summed E-state index contributed by atoms with van der Waals surface area (Å²) in [5.74, 6) is 0.0460. The van der Waals surface area contributed by atoms with Crippen molar-refractivity contribution >= 4 is 17.0 Å². The molecule has 0 aromatic carbocycles. The van der Waals surface area contributed by atoms with Gasteiger partial charge in [-0.2, -0.15) is 9.97 Å². The molecule has 22 heavy (non-hydrogen) atoms. The van der Waals surface area contributed by atoms with Gasteiger partial charge in [0, 0.05) is 0 Å². The minimum atomic E-state index is -2.63. The Hall–Kier alpha value is -2.07. The molecule has 2 unspecified atom stereocenters. The van der Waals surface area contributed by atoms with Crippen LogP contribution in [0.5, 0.6) is 6.01 Å². The summed E-state index contributed by atoms with van der Waals surface area (Å²) in [5, 5.41) is 9.12. The molecule has 0 spiro atoms. The maximum Gasteiger partial charge on any atom is 0.320 e. The van der Waals surface area contributed by atoms with Crippen LogP contribution < -0.4 is 10.5 Å². The zero-order valence-corrected chi connectivity index (χ0v) is 11.5. The number of rotatable bonds is 5. The summed E-state index contributed by atoms with van der Waals surface area (Å²) < 4.78 is 36.5. The van der Waals surface area contributed by atoms with Crippen molar-refractivity contribution in [3.8, 4) is 6.01 Å². The molecule has 120 valence electrons. The first-order valence-electron chi connectivity index (χ1n) is 6.75. The fourth-order valence-electron chi connectivity index (χ4n) is 2.36.